The van der Waals surface area contributed by atoms with Gasteiger partial charge in [-0.25, -0.2) is 5.01 Å². The topological polar surface area (TPSA) is 69.2 Å². The van der Waals surface area contributed by atoms with E-state index in [2.05, 4.69) is 37.5 Å². The number of hydrogen-bond donors (Lipinski definition) is 2. The highest BCUT2D eigenvalue weighted by Crippen LogP contribution is 2.18. The van der Waals surface area contributed by atoms with Crippen LogP contribution in [0, 0.1) is 0 Å². The van der Waals surface area contributed by atoms with E-state index in [4.69, 9.17) is 0 Å². The molecule has 20 heavy (non-hydrogen) atoms. The van der Waals surface area contributed by atoms with Crippen LogP contribution in [0.25, 0.3) is 0 Å². The van der Waals surface area contributed by atoms with Crippen LogP contribution in [0.1, 0.15) is 32.6 Å². The van der Waals surface area contributed by atoms with Crippen LogP contribution in [0.4, 0.5) is 17.8 Å². The van der Waals surface area contributed by atoms with Gasteiger partial charge >= 0.3 is 0 Å². The molecule has 2 N–H and O–H groups in total. The summed E-state index contributed by atoms with van der Waals surface area (Å²) in [6.07, 6.45) is 4.76. The number of hydrogen-bond acceptors (Lipinski definition) is 7. The van der Waals surface area contributed by atoms with Gasteiger partial charge in [-0.3, -0.25) is 5.43 Å². The summed E-state index contributed by atoms with van der Waals surface area (Å²) in [5.74, 6) is 2.00. The number of anilines is 3. The predicted octanol–water partition coefficient (Wildman–Crippen LogP) is 1.57. The molecule has 7 heteroatoms. The maximum atomic E-state index is 4.54. The fraction of sp³-hybridized carbons (Fsp3) is 0.769. The average Bonchev–Trinajstić information content (AvgIpc) is 2.45. The Bertz CT molecular complexity index is 415. The second kappa shape index (κ2) is 7.23. The van der Waals surface area contributed by atoms with Gasteiger partial charge in [-0.2, -0.15) is 15.0 Å². The first-order valence-corrected chi connectivity index (χ1v) is 7.38. The number of aromatic nitrogens is 3. The van der Waals surface area contributed by atoms with Gasteiger partial charge in [-0.1, -0.05) is 6.92 Å². The van der Waals surface area contributed by atoms with Crippen molar-refractivity contribution >= 4 is 17.8 Å². The smallest absolute Gasteiger partial charge is 0.244 e. The summed E-state index contributed by atoms with van der Waals surface area (Å²) in [5.41, 5.74) is 3.11. The van der Waals surface area contributed by atoms with E-state index < -0.39 is 0 Å². The summed E-state index contributed by atoms with van der Waals surface area (Å²) in [6, 6.07) is 0. The van der Waals surface area contributed by atoms with Crippen molar-refractivity contribution in [3.63, 3.8) is 0 Å². The summed E-state index contributed by atoms with van der Waals surface area (Å²) in [7, 11) is 3.84. The standard InChI is InChI=1S/C13H25N7/c1-4-8-14-11-15-12(18-19(2)3)17-13(16-11)20-9-6-5-7-10-20/h4-10H2,1-3H3,(H2,14,15,16,17,18). The number of nitrogens with one attached hydrogen (secondary N) is 2. The molecule has 0 radical (unpaired) electrons. The lowest BCUT2D eigenvalue weighted by Gasteiger charge is -2.27. The van der Waals surface area contributed by atoms with Crippen molar-refractivity contribution in [2.45, 2.75) is 32.6 Å². The minimum Gasteiger partial charge on any atom is -0.354 e. The van der Waals surface area contributed by atoms with Crippen molar-refractivity contribution in [1.29, 1.82) is 0 Å². The molecule has 1 aliphatic heterocycles. The molecule has 1 aliphatic rings. The quantitative estimate of drug-likeness (QED) is 0.766. The Labute approximate surface area is 120 Å². The molecule has 0 bridgehead atoms. The van der Waals surface area contributed by atoms with E-state index in [9.17, 15) is 0 Å². The third-order valence-electron chi connectivity index (χ3n) is 3.12. The van der Waals surface area contributed by atoms with Crippen LogP contribution in [-0.4, -0.2) is 53.7 Å². The Kier molecular flexibility index (Phi) is 5.34. The Morgan fingerprint density at radius 2 is 1.75 bits per heavy atom. The Morgan fingerprint density at radius 1 is 1.05 bits per heavy atom. The van der Waals surface area contributed by atoms with Gasteiger partial charge in [-0.15, -0.1) is 0 Å². The van der Waals surface area contributed by atoms with Gasteiger partial charge in [0.05, 0.1) is 0 Å². The molecule has 0 amide bonds. The Morgan fingerprint density at radius 3 is 2.40 bits per heavy atom. The molecule has 2 heterocycles. The number of nitrogens with zero attached hydrogens (tertiary/aromatic N) is 5. The fourth-order valence-corrected chi connectivity index (χ4v) is 2.17. The maximum Gasteiger partial charge on any atom is 0.244 e. The van der Waals surface area contributed by atoms with E-state index in [0.717, 1.165) is 32.0 Å². The van der Waals surface area contributed by atoms with Crippen molar-refractivity contribution in [2.75, 3.05) is 49.4 Å². The normalized spacial score (nSPS) is 15.5. The molecule has 1 aromatic heterocycles. The van der Waals surface area contributed by atoms with Gasteiger partial charge in [-0.05, 0) is 25.7 Å². The molecule has 0 unspecified atom stereocenters. The lowest BCUT2D eigenvalue weighted by Crippen LogP contribution is -2.32. The molecular weight excluding hydrogens is 254 g/mol. The van der Waals surface area contributed by atoms with Crippen LogP contribution < -0.4 is 15.6 Å². The molecule has 0 saturated carbocycles. The zero-order valence-corrected chi connectivity index (χ0v) is 12.7. The highest BCUT2D eigenvalue weighted by Gasteiger charge is 2.16. The Balaban J connectivity index is 2.19. The summed E-state index contributed by atoms with van der Waals surface area (Å²) in [5, 5.41) is 5.07. The number of rotatable bonds is 6. The number of hydrazine groups is 1. The van der Waals surface area contributed by atoms with Gasteiger partial charge < -0.3 is 10.2 Å². The minimum absolute atomic E-state index is 0.587. The van der Waals surface area contributed by atoms with Gasteiger partial charge in [0.2, 0.25) is 17.8 Å². The van der Waals surface area contributed by atoms with Crippen LogP contribution in [0.15, 0.2) is 0 Å². The van der Waals surface area contributed by atoms with E-state index in [0.29, 0.717) is 11.9 Å². The van der Waals surface area contributed by atoms with E-state index in [1.165, 1.54) is 19.3 Å². The van der Waals surface area contributed by atoms with Crippen LogP contribution in [0.5, 0.6) is 0 Å². The summed E-state index contributed by atoms with van der Waals surface area (Å²) >= 11 is 0. The van der Waals surface area contributed by atoms with Crippen LogP contribution in [-0.2, 0) is 0 Å². The van der Waals surface area contributed by atoms with Gasteiger partial charge in [0.1, 0.15) is 0 Å². The van der Waals surface area contributed by atoms with Crippen molar-refractivity contribution in [1.82, 2.24) is 20.0 Å². The van der Waals surface area contributed by atoms with E-state index in [1.807, 2.05) is 19.1 Å². The second-order valence-electron chi connectivity index (χ2n) is 5.26. The molecular formula is C13H25N7. The van der Waals surface area contributed by atoms with E-state index in [-0.39, 0.29) is 0 Å². The molecule has 1 saturated heterocycles. The first-order valence-electron chi connectivity index (χ1n) is 7.38. The highest BCUT2D eigenvalue weighted by atomic mass is 15.5. The second-order valence-corrected chi connectivity index (χ2v) is 5.26. The molecule has 1 fully saturated rings. The predicted molar refractivity (Wildman–Crippen MR) is 82.0 cm³/mol. The van der Waals surface area contributed by atoms with Crippen molar-refractivity contribution < 1.29 is 0 Å². The van der Waals surface area contributed by atoms with E-state index in [1.54, 1.807) is 0 Å². The first-order chi connectivity index (χ1) is 9.69. The summed E-state index contributed by atoms with van der Waals surface area (Å²) in [6.45, 7) is 5.04. The SMILES string of the molecule is CCCNc1nc(NN(C)C)nc(N2CCCCC2)n1. The van der Waals surface area contributed by atoms with Crippen molar-refractivity contribution in [2.24, 2.45) is 0 Å². The van der Waals surface area contributed by atoms with Crippen molar-refractivity contribution in [3.8, 4) is 0 Å². The number of piperidine rings is 1. The molecule has 0 aliphatic carbocycles. The summed E-state index contributed by atoms with van der Waals surface area (Å²) in [4.78, 5) is 15.7. The third-order valence-corrected chi connectivity index (χ3v) is 3.12. The first kappa shape index (κ1) is 14.8. The van der Waals surface area contributed by atoms with Crippen LogP contribution >= 0.6 is 0 Å². The molecule has 0 atom stereocenters. The van der Waals surface area contributed by atoms with Gasteiger partial charge in [0, 0.05) is 33.7 Å². The molecule has 112 valence electrons. The van der Waals surface area contributed by atoms with Gasteiger partial charge in [0.15, 0.2) is 0 Å². The average molecular weight is 279 g/mol. The fourth-order valence-electron chi connectivity index (χ4n) is 2.17. The minimum atomic E-state index is 0.587. The maximum absolute atomic E-state index is 4.54. The van der Waals surface area contributed by atoms with Crippen molar-refractivity contribution in [3.05, 3.63) is 0 Å². The lowest BCUT2D eigenvalue weighted by molar-refractivity contribution is 0.487. The molecule has 1 aromatic rings. The largest absolute Gasteiger partial charge is 0.354 e. The third kappa shape index (κ3) is 4.19. The lowest BCUT2D eigenvalue weighted by atomic mass is 10.1. The molecule has 0 spiro atoms. The monoisotopic (exact) mass is 279 g/mol. The molecule has 2 rings (SSSR count). The van der Waals surface area contributed by atoms with Gasteiger partial charge in [0.25, 0.3) is 0 Å². The highest BCUT2D eigenvalue weighted by molar-refractivity contribution is 5.43. The van der Waals surface area contributed by atoms with Crippen LogP contribution in [0.2, 0.25) is 0 Å². The zero-order valence-electron chi connectivity index (χ0n) is 12.7. The van der Waals surface area contributed by atoms with E-state index >= 15 is 0 Å². The van der Waals surface area contributed by atoms with Crippen LogP contribution in [0.3, 0.4) is 0 Å². The molecule has 0 aromatic carbocycles. The zero-order chi connectivity index (χ0) is 14.4. The Hall–Kier alpha value is -1.63. The molecule has 7 nitrogen and oxygen atoms in total. The summed E-state index contributed by atoms with van der Waals surface area (Å²) < 4.78 is 0.